The zero-order valence-corrected chi connectivity index (χ0v) is 16.2. The lowest BCUT2D eigenvalue weighted by molar-refractivity contribution is 0.297. The Labute approximate surface area is 163 Å². The lowest BCUT2D eigenvalue weighted by Gasteiger charge is -2.38. The van der Waals surface area contributed by atoms with Crippen molar-refractivity contribution in [1.82, 2.24) is 4.90 Å². The Morgan fingerprint density at radius 1 is 1.04 bits per heavy atom. The smallest absolute Gasteiger partial charge is 0.0585 e. The van der Waals surface area contributed by atoms with Crippen molar-refractivity contribution in [2.24, 2.45) is 28.7 Å². The summed E-state index contributed by atoms with van der Waals surface area (Å²) in [6, 6.07) is 0.569. The molecule has 4 atom stereocenters. The molecule has 0 amide bonds. The normalized spacial score (nSPS) is 37.0. The number of aliphatic imine (C=N–C) groups is 1. The van der Waals surface area contributed by atoms with Gasteiger partial charge in [0.05, 0.1) is 6.04 Å². The molecule has 0 N–H and O–H groups in total. The zero-order chi connectivity index (χ0) is 17.8. The van der Waals surface area contributed by atoms with Gasteiger partial charge in [-0.05, 0) is 80.4 Å². The first kappa shape index (κ1) is 16.2. The minimum atomic E-state index is 0.569. The maximum absolute atomic E-state index is 4.67. The van der Waals surface area contributed by atoms with E-state index in [1.807, 2.05) is 0 Å². The molecule has 140 valence electrons. The van der Waals surface area contributed by atoms with Crippen LogP contribution in [-0.2, 0) is 0 Å². The average molecular weight is 359 g/mol. The molecule has 2 heteroatoms. The Balaban J connectivity index is 1.44. The van der Waals surface area contributed by atoms with Crippen molar-refractivity contribution >= 4 is 6.21 Å². The van der Waals surface area contributed by atoms with E-state index in [1.165, 1.54) is 51.4 Å². The van der Waals surface area contributed by atoms with Gasteiger partial charge in [-0.2, -0.15) is 0 Å². The first-order valence-corrected chi connectivity index (χ1v) is 11.1. The van der Waals surface area contributed by atoms with Gasteiger partial charge in [-0.25, -0.2) is 0 Å². The summed E-state index contributed by atoms with van der Waals surface area (Å²) in [5.41, 5.74) is 6.69. The van der Waals surface area contributed by atoms with Crippen LogP contribution in [-0.4, -0.2) is 23.7 Å². The van der Waals surface area contributed by atoms with Crippen LogP contribution in [0.1, 0.15) is 51.4 Å². The van der Waals surface area contributed by atoms with Crippen molar-refractivity contribution in [3.8, 4) is 0 Å². The molecule has 0 aromatic carbocycles. The Morgan fingerprint density at radius 3 is 2.89 bits per heavy atom. The fourth-order valence-corrected chi connectivity index (χ4v) is 6.72. The zero-order valence-electron chi connectivity index (χ0n) is 16.2. The molecule has 2 nitrogen and oxygen atoms in total. The van der Waals surface area contributed by atoms with Crippen molar-refractivity contribution < 1.29 is 0 Å². The summed E-state index contributed by atoms with van der Waals surface area (Å²) in [5.74, 6) is 3.04. The fourth-order valence-electron chi connectivity index (χ4n) is 6.72. The van der Waals surface area contributed by atoms with Crippen LogP contribution in [0, 0.1) is 23.7 Å². The van der Waals surface area contributed by atoms with E-state index in [9.17, 15) is 0 Å². The molecule has 0 aromatic heterocycles. The van der Waals surface area contributed by atoms with E-state index in [4.69, 9.17) is 0 Å². The minimum Gasteiger partial charge on any atom is -0.341 e. The van der Waals surface area contributed by atoms with E-state index in [0.29, 0.717) is 12.0 Å². The van der Waals surface area contributed by atoms with Gasteiger partial charge in [0.1, 0.15) is 0 Å². The predicted octanol–water partition coefficient (Wildman–Crippen LogP) is 5.57. The number of hydrogen-bond donors (Lipinski definition) is 0. The Morgan fingerprint density at radius 2 is 1.96 bits per heavy atom. The number of nitrogens with zero attached hydrogens (tertiary/aromatic N) is 2. The van der Waals surface area contributed by atoms with Crippen LogP contribution in [0.15, 0.2) is 64.0 Å². The van der Waals surface area contributed by atoms with Crippen molar-refractivity contribution in [3.63, 3.8) is 0 Å². The van der Waals surface area contributed by atoms with Gasteiger partial charge in [-0.15, -0.1) is 0 Å². The van der Waals surface area contributed by atoms with E-state index in [0.717, 1.165) is 24.3 Å². The summed E-state index contributed by atoms with van der Waals surface area (Å²) in [4.78, 5) is 7.48. The highest BCUT2D eigenvalue weighted by Gasteiger charge is 2.49. The van der Waals surface area contributed by atoms with Gasteiger partial charge in [-0.1, -0.05) is 30.4 Å². The average Bonchev–Trinajstić information content (AvgIpc) is 3.29. The first-order valence-electron chi connectivity index (χ1n) is 11.1. The number of allylic oxidation sites excluding steroid dienone is 7. The maximum atomic E-state index is 4.67. The van der Waals surface area contributed by atoms with Gasteiger partial charge in [0.2, 0.25) is 0 Å². The summed E-state index contributed by atoms with van der Waals surface area (Å²) in [6.07, 6.45) is 27.0. The molecule has 3 aliphatic carbocycles. The molecule has 6 aliphatic rings. The standard InChI is InChI=1S/C25H30N2/c1-2-6-17(5-1)15-19-10-12-21-22-16-26-14-13-24(22)27-23-8-4-3-7-18(23)9-11-20(19)25(21)27/h1-3,7,9,13-14,17,19,21-23H,4-6,8,10-12,15-16H2/t19?,21-,22-,23?/m1/s1. The molecule has 3 aliphatic heterocycles. The van der Waals surface area contributed by atoms with Crippen LogP contribution in [0.2, 0.25) is 0 Å². The van der Waals surface area contributed by atoms with Crippen molar-refractivity contribution in [1.29, 1.82) is 0 Å². The molecule has 0 spiro atoms. The Kier molecular flexibility index (Phi) is 3.80. The SMILES string of the molecule is C1=CC2=CCC3=C4[C@H](CCC3CC3CC=CC3)[C@H]3CN=CC=C3N4C2CC1. The van der Waals surface area contributed by atoms with Crippen molar-refractivity contribution in [2.75, 3.05) is 6.54 Å². The van der Waals surface area contributed by atoms with Gasteiger partial charge in [0, 0.05) is 36.0 Å². The second-order valence-corrected chi connectivity index (χ2v) is 9.32. The molecule has 3 heterocycles. The topological polar surface area (TPSA) is 15.6 Å². The summed E-state index contributed by atoms with van der Waals surface area (Å²) < 4.78 is 0. The predicted molar refractivity (Wildman–Crippen MR) is 111 cm³/mol. The van der Waals surface area contributed by atoms with Crippen LogP contribution < -0.4 is 0 Å². The highest BCUT2D eigenvalue weighted by molar-refractivity contribution is 5.74. The minimum absolute atomic E-state index is 0.569. The van der Waals surface area contributed by atoms with Crippen LogP contribution in [0.25, 0.3) is 0 Å². The van der Waals surface area contributed by atoms with Gasteiger partial charge in [0.25, 0.3) is 0 Å². The Bertz CT molecular complexity index is 813. The summed E-state index contributed by atoms with van der Waals surface area (Å²) in [7, 11) is 0. The fraction of sp³-hybridized carbons (Fsp3) is 0.560. The summed E-state index contributed by atoms with van der Waals surface area (Å²) in [6.45, 7) is 1.00. The van der Waals surface area contributed by atoms with Gasteiger partial charge < -0.3 is 4.90 Å². The van der Waals surface area contributed by atoms with E-state index >= 15 is 0 Å². The van der Waals surface area contributed by atoms with Crippen LogP contribution in [0.4, 0.5) is 0 Å². The van der Waals surface area contributed by atoms with E-state index in [1.54, 1.807) is 22.5 Å². The largest absolute Gasteiger partial charge is 0.341 e. The summed E-state index contributed by atoms with van der Waals surface area (Å²) >= 11 is 0. The van der Waals surface area contributed by atoms with Crippen molar-refractivity contribution in [3.05, 3.63) is 59.0 Å². The highest BCUT2D eigenvalue weighted by Crippen LogP contribution is 2.55. The molecule has 2 unspecified atom stereocenters. The molecule has 0 radical (unpaired) electrons. The van der Waals surface area contributed by atoms with E-state index in [2.05, 4.69) is 52.6 Å². The van der Waals surface area contributed by atoms with E-state index < -0.39 is 0 Å². The molecule has 1 fully saturated rings. The molecule has 0 bridgehead atoms. The molecular weight excluding hydrogens is 328 g/mol. The quantitative estimate of drug-likeness (QED) is 0.589. The van der Waals surface area contributed by atoms with E-state index in [-0.39, 0.29) is 0 Å². The summed E-state index contributed by atoms with van der Waals surface area (Å²) in [5, 5.41) is 0. The van der Waals surface area contributed by atoms with Gasteiger partial charge in [-0.3, -0.25) is 4.99 Å². The Hall–Kier alpha value is -1.83. The van der Waals surface area contributed by atoms with Crippen LogP contribution in [0.5, 0.6) is 0 Å². The monoisotopic (exact) mass is 358 g/mol. The third kappa shape index (κ3) is 2.48. The molecule has 1 saturated heterocycles. The second-order valence-electron chi connectivity index (χ2n) is 9.32. The molecule has 6 rings (SSSR count). The number of rotatable bonds is 2. The van der Waals surface area contributed by atoms with Crippen LogP contribution in [0.3, 0.4) is 0 Å². The second kappa shape index (κ2) is 6.36. The molecular formula is C25H30N2. The molecule has 0 aromatic rings. The highest BCUT2D eigenvalue weighted by atomic mass is 15.2. The van der Waals surface area contributed by atoms with Crippen molar-refractivity contribution in [2.45, 2.75) is 57.4 Å². The number of dihydropyridines is 1. The van der Waals surface area contributed by atoms with Crippen LogP contribution >= 0.6 is 0 Å². The third-order valence-corrected chi connectivity index (χ3v) is 7.95. The first-order chi connectivity index (χ1) is 13.4. The third-order valence-electron chi connectivity index (χ3n) is 7.95. The molecule has 27 heavy (non-hydrogen) atoms. The van der Waals surface area contributed by atoms with Gasteiger partial charge >= 0.3 is 0 Å². The lowest BCUT2D eigenvalue weighted by atomic mass is 9.72. The van der Waals surface area contributed by atoms with Gasteiger partial charge in [0.15, 0.2) is 0 Å². The number of fused-ring (bicyclic) bond motifs is 5. The lowest BCUT2D eigenvalue weighted by Crippen LogP contribution is -2.35. The maximum Gasteiger partial charge on any atom is 0.0585 e. The molecule has 0 saturated carbocycles. The number of hydrogen-bond acceptors (Lipinski definition) is 2.